The van der Waals surface area contributed by atoms with Crippen LogP contribution < -0.4 is 5.32 Å². The summed E-state index contributed by atoms with van der Waals surface area (Å²) in [5.41, 5.74) is -0.192. The highest BCUT2D eigenvalue weighted by Gasteiger charge is 2.12. The second-order valence-corrected chi connectivity index (χ2v) is 2.75. The van der Waals surface area contributed by atoms with Gasteiger partial charge >= 0.3 is 11.9 Å². The maximum absolute atomic E-state index is 10.6. The Bertz CT molecular complexity index is 401. The SMILES string of the molecule is O=C(O)CNc1cccc(C(=O)O)c1O. The summed E-state index contributed by atoms with van der Waals surface area (Å²) >= 11 is 0. The minimum atomic E-state index is -1.27. The van der Waals surface area contributed by atoms with Crippen molar-refractivity contribution in [3.8, 4) is 5.75 Å². The fourth-order valence-electron chi connectivity index (χ4n) is 1.03. The van der Waals surface area contributed by atoms with Crippen molar-refractivity contribution in [1.82, 2.24) is 0 Å². The molecule has 0 aliphatic heterocycles. The second kappa shape index (κ2) is 4.32. The number of phenols is 1. The largest absolute Gasteiger partial charge is 0.505 e. The lowest BCUT2D eigenvalue weighted by molar-refractivity contribution is -0.134. The van der Waals surface area contributed by atoms with Crippen molar-refractivity contribution in [2.24, 2.45) is 0 Å². The molecule has 0 aromatic heterocycles. The summed E-state index contributed by atoms with van der Waals surface area (Å²) in [5, 5.41) is 28.9. The minimum Gasteiger partial charge on any atom is -0.505 e. The van der Waals surface area contributed by atoms with Crippen molar-refractivity contribution in [3.63, 3.8) is 0 Å². The van der Waals surface area contributed by atoms with E-state index in [1.807, 2.05) is 0 Å². The van der Waals surface area contributed by atoms with Gasteiger partial charge < -0.3 is 20.6 Å². The third kappa shape index (κ3) is 2.60. The van der Waals surface area contributed by atoms with Crippen LogP contribution in [0, 0.1) is 0 Å². The normalized spacial score (nSPS) is 9.60. The van der Waals surface area contributed by atoms with Gasteiger partial charge in [0.15, 0.2) is 5.75 Å². The number of nitrogens with one attached hydrogen (secondary N) is 1. The Morgan fingerprint density at radius 2 is 1.93 bits per heavy atom. The highest BCUT2D eigenvalue weighted by Crippen LogP contribution is 2.26. The van der Waals surface area contributed by atoms with Gasteiger partial charge in [0, 0.05) is 0 Å². The molecule has 0 heterocycles. The lowest BCUT2D eigenvalue weighted by atomic mass is 10.1. The fourth-order valence-corrected chi connectivity index (χ4v) is 1.03. The second-order valence-electron chi connectivity index (χ2n) is 2.75. The molecular weight excluding hydrogens is 202 g/mol. The van der Waals surface area contributed by atoms with Crippen LogP contribution in [0.2, 0.25) is 0 Å². The van der Waals surface area contributed by atoms with E-state index in [2.05, 4.69) is 5.32 Å². The van der Waals surface area contributed by atoms with Crippen molar-refractivity contribution in [3.05, 3.63) is 23.8 Å². The topological polar surface area (TPSA) is 107 Å². The molecule has 0 amide bonds. The van der Waals surface area contributed by atoms with Crippen LogP contribution in [0.5, 0.6) is 5.75 Å². The van der Waals surface area contributed by atoms with Crippen LogP contribution in [0.15, 0.2) is 18.2 Å². The lowest BCUT2D eigenvalue weighted by Gasteiger charge is -2.07. The van der Waals surface area contributed by atoms with E-state index in [0.29, 0.717) is 0 Å². The summed E-state index contributed by atoms with van der Waals surface area (Å²) in [4.78, 5) is 20.9. The molecule has 0 atom stereocenters. The molecule has 0 bridgehead atoms. The number of rotatable bonds is 4. The maximum Gasteiger partial charge on any atom is 0.339 e. The minimum absolute atomic E-state index is 0.0808. The fraction of sp³-hybridized carbons (Fsp3) is 0.111. The van der Waals surface area contributed by atoms with Crippen molar-refractivity contribution >= 4 is 17.6 Å². The predicted octanol–water partition coefficient (Wildman–Crippen LogP) is 0.587. The molecule has 80 valence electrons. The Kier molecular flexibility index (Phi) is 3.12. The number of benzene rings is 1. The van der Waals surface area contributed by atoms with E-state index in [0.717, 1.165) is 0 Å². The van der Waals surface area contributed by atoms with Crippen LogP contribution in [-0.2, 0) is 4.79 Å². The van der Waals surface area contributed by atoms with Crippen LogP contribution in [-0.4, -0.2) is 33.8 Å². The van der Waals surface area contributed by atoms with Crippen molar-refractivity contribution < 1.29 is 24.9 Å². The summed E-state index contributed by atoms with van der Waals surface area (Å²) in [7, 11) is 0. The lowest BCUT2D eigenvalue weighted by Crippen LogP contribution is -2.12. The Balaban J connectivity index is 2.94. The molecule has 6 heteroatoms. The Labute approximate surface area is 84.8 Å². The molecule has 0 aliphatic rings. The quantitative estimate of drug-likeness (QED) is 0.543. The van der Waals surface area contributed by atoms with Gasteiger partial charge in [-0.3, -0.25) is 4.79 Å². The first-order valence-electron chi connectivity index (χ1n) is 4.03. The van der Waals surface area contributed by atoms with Gasteiger partial charge in [-0.1, -0.05) is 6.07 Å². The van der Waals surface area contributed by atoms with Crippen molar-refractivity contribution in [2.45, 2.75) is 0 Å². The molecule has 0 saturated carbocycles. The van der Waals surface area contributed by atoms with Gasteiger partial charge in [-0.05, 0) is 12.1 Å². The zero-order valence-electron chi connectivity index (χ0n) is 7.60. The van der Waals surface area contributed by atoms with Crippen molar-refractivity contribution in [1.29, 1.82) is 0 Å². The van der Waals surface area contributed by atoms with Crippen LogP contribution in [0.1, 0.15) is 10.4 Å². The van der Waals surface area contributed by atoms with E-state index in [9.17, 15) is 14.7 Å². The highest BCUT2D eigenvalue weighted by molar-refractivity contribution is 5.93. The third-order valence-corrected chi connectivity index (χ3v) is 1.70. The summed E-state index contributed by atoms with van der Waals surface area (Å²) in [6.45, 7) is -0.392. The van der Waals surface area contributed by atoms with Crippen LogP contribution in [0.4, 0.5) is 5.69 Å². The van der Waals surface area contributed by atoms with E-state index >= 15 is 0 Å². The molecule has 1 aromatic carbocycles. The average molecular weight is 211 g/mol. The number of aliphatic carboxylic acids is 1. The molecule has 1 rings (SSSR count). The number of aromatic carboxylic acids is 1. The third-order valence-electron chi connectivity index (χ3n) is 1.70. The zero-order chi connectivity index (χ0) is 11.4. The molecule has 15 heavy (non-hydrogen) atoms. The van der Waals surface area contributed by atoms with Gasteiger partial charge in [-0.25, -0.2) is 4.79 Å². The Morgan fingerprint density at radius 3 is 2.47 bits per heavy atom. The molecule has 1 aromatic rings. The number of hydrogen-bond donors (Lipinski definition) is 4. The summed E-state index contributed by atoms with van der Waals surface area (Å²) < 4.78 is 0. The van der Waals surface area contributed by atoms with Crippen molar-refractivity contribution in [2.75, 3.05) is 11.9 Å². The van der Waals surface area contributed by atoms with E-state index in [1.54, 1.807) is 0 Å². The summed E-state index contributed by atoms with van der Waals surface area (Å²) in [6.07, 6.45) is 0. The Morgan fingerprint density at radius 1 is 1.27 bits per heavy atom. The number of anilines is 1. The predicted molar refractivity (Wildman–Crippen MR) is 51.2 cm³/mol. The molecule has 4 N–H and O–H groups in total. The smallest absolute Gasteiger partial charge is 0.339 e. The van der Waals surface area contributed by atoms with E-state index in [-0.39, 0.29) is 11.3 Å². The molecular formula is C9H9NO5. The number of aromatic hydroxyl groups is 1. The van der Waals surface area contributed by atoms with E-state index < -0.39 is 24.2 Å². The summed E-state index contributed by atoms with van der Waals surface area (Å²) in [5.74, 6) is -2.84. The van der Waals surface area contributed by atoms with Crippen LogP contribution in [0.25, 0.3) is 0 Å². The number of carboxylic acids is 2. The first-order valence-corrected chi connectivity index (χ1v) is 4.03. The monoisotopic (exact) mass is 211 g/mol. The standard InChI is InChI=1S/C9H9NO5/c11-7(12)4-10-6-3-1-2-5(8(6)13)9(14)15/h1-3,10,13H,4H2,(H,11,12)(H,14,15). The maximum atomic E-state index is 10.6. The number of para-hydroxylation sites is 1. The van der Waals surface area contributed by atoms with E-state index in [1.165, 1.54) is 18.2 Å². The number of carbonyl (C=O) groups is 2. The van der Waals surface area contributed by atoms with Gasteiger partial charge in [0.2, 0.25) is 0 Å². The molecule has 0 radical (unpaired) electrons. The van der Waals surface area contributed by atoms with Gasteiger partial charge in [0.1, 0.15) is 12.1 Å². The molecule has 0 aliphatic carbocycles. The zero-order valence-corrected chi connectivity index (χ0v) is 7.60. The summed E-state index contributed by atoms with van der Waals surface area (Å²) in [6, 6.07) is 4.03. The highest BCUT2D eigenvalue weighted by atomic mass is 16.4. The molecule has 0 fully saturated rings. The number of carboxylic acid groups (broad SMARTS) is 2. The first-order chi connectivity index (χ1) is 7.02. The molecule has 0 spiro atoms. The van der Waals surface area contributed by atoms with Crippen LogP contribution >= 0.6 is 0 Å². The first kappa shape index (κ1) is 10.8. The van der Waals surface area contributed by atoms with Gasteiger partial charge in [0.05, 0.1) is 5.69 Å². The van der Waals surface area contributed by atoms with Gasteiger partial charge in [0.25, 0.3) is 0 Å². The molecule has 0 saturated heterocycles. The van der Waals surface area contributed by atoms with Crippen LogP contribution in [0.3, 0.4) is 0 Å². The molecule has 6 nitrogen and oxygen atoms in total. The average Bonchev–Trinajstić information content (AvgIpc) is 2.15. The van der Waals surface area contributed by atoms with Gasteiger partial charge in [-0.15, -0.1) is 0 Å². The Hall–Kier alpha value is -2.24. The number of hydrogen-bond acceptors (Lipinski definition) is 4. The molecule has 0 unspecified atom stereocenters. The van der Waals surface area contributed by atoms with E-state index in [4.69, 9.17) is 10.2 Å². The van der Waals surface area contributed by atoms with Gasteiger partial charge in [-0.2, -0.15) is 0 Å².